The topological polar surface area (TPSA) is 58.9 Å². The zero-order valence-electron chi connectivity index (χ0n) is 13.7. The SMILES string of the molecule is O=c1[nH]c(Cc2cccc3ccccc23)nc2scc(-c3ccco3)c12. The van der Waals surface area contributed by atoms with Gasteiger partial charge in [-0.1, -0.05) is 42.5 Å². The molecule has 4 nitrogen and oxygen atoms in total. The fraction of sp³-hybridized carbons (Fsp3) is 0.0476. The number of nitrogens with one attached hydrogen (secondary N) is 1. The molecule has 26 heavy (non-hydrogen) atoms. The monoisotopic (exact) mass is 358 g/mol. The van der Waals surface area contributed by atoms with Crippen molar-refractivity contribution >= 4 is 32.3 Å². The van der Waals surface area contributed by atoms with Gasteiger partial charge < -0.3 is 9.40 Å². The van der Waals surface area contributed by atoms with E-state index in [4.69, 9.17) is 4.42 Å². The van der Waals surface area contributed by atoms with Crippen LogP contribution in [0.1, 0.15) is 11.4 Å². The second-order valence-electron chi connectivity index (χ2n) is 6.13. The molecule has 126 valence electrons. The van der Waals surface area contributed by atoms with Crippen LogP contribution in [-0.2, 0) is 6.42 Å². The Morgan fingerprint density at radius 2 is 1.92 bits per heavy atom. The fourth-order valence-electron chi connectivity index (χ4n) is 3.32. The third-order valence-electron chi connectivity index (χ3n) is 4.52. The van der Waals surface area contributed by atoms with E-state index >= 15 is 0 Å². The predicted octanol–water partition coefficient (Wildman–Crippen LogP) is 4.99. The first kappa shape index (κ1) is 15.1. The summed E-state index contributed by atoms with van der Waals surface area (Å²) >= 11 is 1.46. The number of nitrogens with zero attached hydrogens (tertiary/aromatic N) is 1. The van der Waals surface area contributed by atoms with Crippen molar-refractivity contribution in [2.24, 2.45) is 0 Å². The largest absolute Gasteiger partial charge is 0.464 e. The van der Waals surface area contributed by atoms with Crippen molar-refractivity contribution in [3.05, 3.63) is 88.0 Å². The van der Waals surface area contributed by atoms with Crippen LogP contribution in [0.3, 0.4) is 0 Å². The molecule has 0 bridgehead atoms. The smallest absolute Gasteiger partial charge is 0.260 e. The van der Waals surface area contributed by atoms with E-state index < -0.39 is 0 Å². The maximum absolute atomic E-state index is 12.7. The number of fused-ring (bicyclic) bond motifs is 2. The van der Waals surface area contributed by atoms with Crippen molar-refractivity contribution in [3.63, 3.8) is 0 Å². The molecule has 0 radical (unpaired) electrons. The number of H-pyrrole nitrogens is 1. The molecule has 2 aromatic carbocycles. The Labute approximate surface area is 152 Å². The number of hydrogen-bond donors (Lipinski definition) is 1. The Morgan fingerprint density at radius 1 is 1.04 bits per heavy atom. The second kappa shape index (κ2) is 5.97. The third-order valence-corrected chi connectivity index (χ3v) is 5.39. The van der Waals surface area contributed by atoms with E-state index in [1.807, 2.05) is 35.7 Å². The predicted molar refractivity (Wildman–Crippen MR) is 105 cm³/mol. The molecule has 0 aliphatic rings. The Bertz CT molecular complexity index is 1280. The summed E-state index contributed by atoms with van der Waals surface area (Å²) in [5, 5.41) is 4.88. The van der Waals surface area contributed by atoms with Crippen LogP contribution in [0.5, 0.6) is 0 Å². The Hall–Kier alpha value is -3.18. The lowest BCUT2D eigenvalue weighted by molar-refractivity contribution is 0.583. The Balaban J connectivity index is 1.61. The van der Waals surface area contributed by atoms with Gasteiger partial charge in [0.15, 0.2) is 0 Å². The van der Waals surface area contributed by atoms with Gasteiger partial charge in [0.2, 0.25) is 0 Å². The summed E-state index contributed by atoms with van der Waals surface area (Å²) in [6.07, 6.45) is 2.19. The lowest BCUT2D eigenvalue weighted by Gasteiger charge is -2.06. The first-order valence-corrected chi connectivity index (χ1v) is 9.18. The zero-order valence-corrected chi connectivity index (χ0v) is 14.5. The Kier molecular flexibility index (Phi) is 3.47. The summed E-state index contributed by atoms with van der Waals surface area (Å²) in [4.78, 5) is 21.1. The highest BCUT2D eigenvalue weighted by atomic mass is 32.1. The summed E-state index contributed by atoms with van der Waals surface area (Å²) in [6.45, 7) is 0. The van der Waals surface area contributed by atoms with E-state index in [0.29, 0.717) is 23.4 Å². The normalized spacial score (nSPS) is 11.4. The van der Waals surface area contributed by atoms with Gasteiger partial charge in [-0.15, -0.1) is 11.3 Å². The van der Waals surface area contributed by atoms with Crippen LogP contribution in [0.4, 0.5) is 0 Å². The lowest BCUT2D eigenvalue weighted by Crippen LogP contribution is -2.11. The average molecular weight is 358 g/mol. The fourth-order valence-corrected chi connectivity index (χ4v) is 4.26. The Morgan fingerprint density at radius 3 is 2.81 bits per heavy atom. The number of thiophene rings is 1. The molecule has 0 saturated heterocycles. The van der Waals surface area contributed by atoms with Crippen LogP contribution in [0.25, 0.3) is 32.3 Å². The molecule has 3 heterocycles. The average Bonchev–Trinajstić information content (AvgIpc) is 3.31. The highest BCUT2D eigenvalue weighted by Gasteiger charge is 2.15. The first-order chi connectivity index (χ1) is 12.8. The van der Waals surface area contributed by atoms with Crippen molar-refractivity contribution in [3.8, 4) is 11.3 Å². The van der Waals surface area contributed by atoms with Gasteiger partial charge in [0.25, 0.3) is 5.56 Å². The highest BCUT2D eigenvalue weighted by molar-refractivity contribution is 7.17. The van der Waals surface area contributed by atoms with Crippen LogP contribution in [0, 0.1) is 0 Å². The van der Waals surface area contributed by atoms with Crippen LogP contribution in [0.15, 0.2) is 75.5 Å². The summed E-state index contributed by atoms with van der Waals surface area (Å²) in [5.74, 6) is 1.36. The van der Waals surface area contributed by atoms with Crippen molar-refractivity contribution in [1.29, 1.82) is 0 Å². The molecule has 1 N–H and O–H groups in total. The number of aromatic amines is 1. The van der Waals surface area contributed by atoms with E-state index in [0.717, 1.165) is 16.0 Å². The van der Waals surface area contributed by atoms with Crippen LogP contribution in [0.2, 0.25) is 0 Å². The van der Waals surface area contributed by atoms with Gasteiger partial charge in [0.1, 0.15) is 16.4 Å². The number of benzene rings is 2. The second-order valence-corrected chi connectivity index (χ2v) is 6.99. The molecule has 5 aromatic rings. The van der Waals surface area contributed by atoms with E-state index in [2.05, 4.69) is 34.2 Å². The molecule has 0 fully saturated rings. The van der Waals surface area contributed by atoms with Gasteiger partial charge in [-0.3, -0.25) is 4.79 Å². The van der Waals surface area contributed by atoms with Gasteiger partial charge >= 0.3 is 0 Å². The maximum Gasteiger partial charge on any atom is 0.260 e. The minimum absolute atomic E-state index is 0.127. The zero-order chi connectivity index (χ0) is 17.5. The quantitative estimate of drug-likeness (QED) is 0.494. The summed E-state index contributed by atoms with van der Waals surface area (Å²) in [5.41, 5.74) is 1.81. The molecule has 0 unspecified atom stereocenters. The molecule has 0 amide bonds. The van der Waals surface area contributed by atoms with Crippen LogP contribution in [-0.4, -0.2) is 9.97 Å². The highest BCUT2D eigenvalue weighted by Crippen LogP contribution is 2.31. The van der Waals surface area contributed by atoms with Gasteiger partial charge in [-0.25, -0.2) is 4.98 Å². The molecule has 0 atom stereocenters. The van der Waals surface area contributed by atoms with Crippen LogP contribution < -0.4 is 5.56 Å². The van der Waals surface area contributed by atoms with Gasteiger partial charge in [-0.05, 0) is 28.5 Å². The van der Waals surface area contributed by atoms with Gasteiger partial charge in [-0.2, -0.15) is 0 Å². The first-order valence-electron chi connectivity index (χ1n) is 8.30. The minimum atomic E-state index is -0.127. The molecular weight excluding hydrogens is 344 g/mol. The van der Waals surface area contributed by atoms with E-state index in [1.165, 1.54) is 22.1 Å². The third kappa shape index (κ3) is 2.45. The van der Waals surface area contributed by atoms with Crippen molar-refractivity contribution in [2.45, 2.75) is 6.42 Å². The molecule has 0 aliphatic carbocycles. The molecule has 5 rings (SSSR count). The van der Waals surface area contributed by atoms with Gasteiger partial charge in [0, 0.05) is 17.4 Å². The van der Waals surface area contributed by atoms with E-state index in [-0.39, 0.29) is 5.56 Å². The minimum Gasteiger partial charge on any atom is -0.464 e. The van der Waals surface area contributed by atoms with Gasteiger partial charge in [0.05, 0.1) is 11.6 Å². The molecule has 0 aliphatic heterocycles. The molecule has 0 saturated carbocycles. The summed E-state index contributed by atoms with van der Waals surface area (Å²) in [7, 11) is 0. The lowest BCUT2D eigenvalue weighted by atomic mass is 10.0. The standard InChI is InChI=1S/C21H14N2O2S/c24-20-19-16(17-9-4-10-25-17)12-26-21(19)23-18(22-20)11-14-7-3-6-13-5-1-2-8-15(13)14/h1-10,12H,11H2,(H,22,23,24). The molecule has 0 spiro atoms. The number of aromatic nitrogens is 2. The molecular formula is C21H14N2O2S. The number of furan rings is 1. The maximum atomic E-state index is 12.7. The van der Waals surface area contributed by atoms with E-state index in [1.54, 1.807) is 6.26 Å². The van der Waals surface area contributed by atoms with Crippen LogP contribution >= 0.6 is 11.3 Å². The molecule has 5 heteroatoms. The summed E-state index contributed by atoms with van der Waals surface area (Å²) in [6, 6.07) is 18.1. The number of hydrogen-bond acceptors (Lipinski definition) is 4. The number of rotatable bonds is 3. The molecule has 3 aromatic heterocycles. The summed E-state index contributed by atoms with van der Waals surface area (Å²) < 4.78 is 5.44. The van der Waals surface area contributed by atoms with Crippen molar-refractivity contribution in [2.75, 3.05) is 0 Å². The van der Waals surface area contributed by atoms with E-state index in [9.17, 15) is 4.79 Å². The van der Waals surface area contributed by atoms with Crippen molar-refractivity contribution in [1.82, 2.24) is 9.97 Å². The van der Waals surface area contributed by atoms with Crippen molar-refractivity contribution < 1.29 is 4.42 Å².